The normalized spacial score (nSPS) is 23.5. The predicted molar refractivity (Wildman–Crippen MR) is 166 cm³/mol. The number of benzene rings is 1. The molecular weight excluding hydrogens is 546 g/mol. The maximum atomic E-state index is 13.7. The molecule has 11 heteroatoms. The van der Waals surface area contributed by atoms with Crippen molar-refractivity contribution in [2.45, 2.75) is 104 Å². The van der Waals surface area contributed by atoms with E-state index in [1.807, 2.05) is 62.1 Å². The number of carbonyl (C=O) groups is 4. The van der Waals surface area contributed by atoms with E-state index in [1.54, 1.807) is 6.92 Å². The van der Waals surface area contributed by atoms with Crippen LogP contribution in [-0.4, -0.2) is 76.0 Å². The third-order valence-corrected chi connectivity index (χ3v) is 7.50. The first-order valence-electron chi connectivity index (χ1n) is 15.3. The summed E-state index contributed by atoms with van der Waals surface area (Å²) in [7, 11) is 0. The minimum atomic E-state index is -0.862. The highest BCUT2D eigenvalue weighted by atomic mass is 16.2. The van der Waals surface area contributed by atoms with Crippen LogP contribution in [0.2, 0.25) is 0 Å². The molecule has 11 nitrogen and oxygen atoms in total. The third kappa shape index (κ3) is 10.5. The SMILES string of the molecule is CC[C@H]1CN(Cc2cc(C(C)(C)C)n[nH]2)CC(=O)N[C@H](C)C(=O)N[C@@H](CC(C)C)C(=O)N[C@@H](Cc2ccccc2)C(=O)N1. The van der Waals surface area contributed by atoms with Crippen LogP contribution in [0.25, 0.3) is 0 Å². The molecule has 3 rings (SSSR count). The zero-order valence-electron chi connectivity index (χ0n) is 26.6. The number of nitrogens with zero attached hydrogens (tertiary/aromatic N) is 2. The Balaban J connectivity index is 1.93. The summed E-state index contributed by atoms with van der Waals surface area (Å²) in [5, 5.41) is 19.1. The number of hydrogen-bond acceptors (Lipinski definition) is 6. The zero-order chi connectivity index (χ0) is 31.7. The van der Waals surface area contributed by atoms with E-state index in [2.05, 4.69) is 52.2 Å². The van der Waals surface area contributed by atoms with Crippen molar-refractivity contribution in [1.29, 1.82) is 0 Å². The van der Waals surface area contributed by atoms with Crippen molar-refractivity contribution in [3.63, 3.8) is 0 Å². The minimum Gasteiger partial charge on any atom is -0.350 e. The van der Waals surface area contributed by atoms with Crippen LogP contribution >= 0.6 is 0 Å². The molecule has 43 heavy (non-hydrogen) atoms. The molecule has 236 valence electrons. The van der Waals surface area contributed by atoms with Gasteiger partial charge >= 0.3 is 0 Å². The minimum absolute atomic E-state index is 0.00785. The monoisotopic (exact) mass is 595 g/mol. The van der Waals surface area contributed by atoms with E-state index in [0.717, 1.165) is 17.0 Å². The lowest BCUT2D eigenvalue weighted by Gasteiger charge is -2.29. The van der Waals surface area contributed by atoms with Gasteiger partial charge in [0.05, 0.1) is 12.2 Å². The van der Waals surface area contributed by atoms with E-state index in [9.17, 15) is 19.2 Å². The molecule has 2 heterocycles. The Morgan fingerprint density at radius 2 is 1.58 bits per heavy atom. The van der Waals surface area contributed by atoms with Gasteiger partial charge < -0.3 is 21.3 Å². The molecule has 5 N–H and O–H groups in total. The third-order valence-electron chi connectivity index (χ3n) is 7.50. The van der Waals surface area contributed by atoms with Gasteiger partial charge in [-0.05, 0) is 37.3 Å². The smallest absolute Gasteiger partial charge is 0.243 e. The van der Waals surface area contributed by atoms with Crippen LogP contribution in [-0.2, 0) is 37.6 Å². The molecule has 0 spiro atoms. The van der Waals surface area contributed by atoms with E-state index < -0.39 is 29.9 Å². The number of aromatic nitrogens is 2. The van der Waals surface area contributed by atoms with Gasteiger partial charge in [0.1, 0.15) is 18.1 Å². The Hall–Kier alpha value is -3.73. The number of carbonyl (C=O) groups excluding carboxylic acids is 4. The Morgan fingerprint density at radius 1 is 0.930 bits per heavy atom. The summed E-state index contributed by atoms with van der Waals surface area (Å²) in [6, 6.07) is 8.63. The van der Waals surface area contributed by atoms with Crippen LogP contribution in [0.5, 0.6) is 0 Å². The fourth-order valence-electron chi connectivity index (χ4n) is 5.03. The van der Waals surface area contributed by atoms with Crippen LogP contribution in [0, 0.1) is 5.92 Å². The summed E-state index contributed by atoms with van der Waals surface area (Å²) >= 11 is 0. The standard InChI is InChI=1S/C32H49N7O4/c1-8-23-17-39(18-24-16-27(38-37-24)32(5,6)7)19-28(40)33-21(4)29(41)35-25(14-20(2)3)31(43)36-26(30(42)34-23)15-22-12-10-9-11-13-22/h9-13,16,20-21,23,25-26H,8,14-15,17-19H2,1-7H3,(H,33,40)(H,34,42)(H,35,41)(H,36,43)(H,37,38)/t21-,23+,25+,26+/m1/s1. The molecule has 0 bridgehead atoms. The molecule has 4 atom stereocenters. The van der Waals surface area contributed by atoms with Gasteiger partial charge in [-0.2, -0.15) is 5.10 Å². The number of rotatable bonds is 7. The Morgan fingerprint density at radius 3 is 2.19 bits per heavy atom. The predicted octanol–water partition coefficient (Wildman–Crippen LogP) is 2.18. The van der Waals surface area contributed by atoms with E-state index in [-0.39, 0.29) is 35.7 Å². The number of nitrogens with one attached hydrogen (secondary N) is 5. The van der Waals surface area contributed by atoms with E-state index >= 15 is 0 Å². The number of hydrogen-bond donors (Lipinski definition) is 5. The van der Waals surface area contributed by atoms with Gasteiger partial charge in [-0.1, -0.05) is 71.9 Å². The van der Waals surface area contributed by atoms with E-state index in [4.69, 9.17) is 0 Å². The highest BCUT2D eigenvalue weighted by Gasteiger charge is 2.31. The molecule has 1 aliphatic rings. The van der Waals surface area contributed by atoms with Crippen LogP contribution in [0.1, 0.15) is 78.3 Å². The molecule has 0 radical (unpaired) electrons. The number of H-pyrrole nitrogens is 1. The lowest BCUT2D eigenvalue weighted by Crippen LogP contribution is -2.57. The zero-order valence-corrected chi connectivity index (χ0v) is 26.6. The highest BCUT2D eigenvalue weighted by molar-refractivity contribution is 5.94. The van der Waals surface area contributed by atoms with Gasteiger partial charge in [-0.15, -0.1) is 0 Å². The van der Waals surface area contributed by atoms with Crippen molar-refractivity contribution < 1.29 is 19.2 Å². The molecule has 0 aliphatic carbocycles. The highest BCUT2D eigenvalue weighted by Crippen LogP contribution is 2.21. The van der Waals surface area contributed by atoms with Crippen molar-refractivity contribution in [2.75, 3.05) is 13.1 Å². The first-order chi connectivity index (χ1) is 20.2. The van der Waals surface area contributed by atoms with E-state index in [0.29, 0.717) is 32.4 Å². The molecule has 1 aromatic carbocycles. The van der Waals surface area contributed by atoms with Gasteiger partial charge in [0.25, 0.3) is 0 Å². The van der Waals surface area contributed by atoms with Crippen LogP contribution in [0.15, 0.2) is 36.4 Å². The van der Waals surface area contributed by atoms with E-state index in [1.165, 1.54) is 0 Å². The Labute approximate surface area is 255 Å². The van der Waals surface area contributed by atoms with Crippen molar-refractivity contribution in [3.05, 3.63) is 53.3 Å². The van der Waals surface area contributed by atoms with Gasteiger partial charge in [0, 0.05) is 36.7 Å². The fraction of sp³-hybridized carbons (Fsp3) is 0.594. The summed E-state index contributed by atoms with van der Waals surface area (Å²) in [4.78, 5) is 55.5. The molecule has 4 amide bonds. The summed E-state index contributed by atoms with van der Waals surface area (Å²) in [5.41, 5.74) is 2.51. The lowest BCUT2D eigenvalue weighted by atomic mass is 9.92. The fourth-order valence-corrected chi connectivity index (χ4v) is 5.03. The van der Waals surface area contributed by atoms with Crippen LogP contribution < -0.4 is 21.3 Å². The van der Waals surface area contributed by atoms with Crippen molar-refractivity contribution in [1.82, 2.24) is 36.4 Å². The lowest BCUT2D eigenvalue weighted by molar-refractivity contribution is -0.133. The molecule has 2 aromatic rings. The molecule has 0 unspecified atom stereocenters. The average Bonchev–Trinajstić information content (AvgIpc) is 3.40. The van der Waals surface area contributed by atoms with Gasteiger partial charge in [-0.25, -0.2) is 0 Å². The van der Waals surface area contributed by atoms with Gasteiger partial charge in [0.2, 0.25) is 23.6 Å². The largest absolute Gasteiger partial charge is 0.350 e. The number of amides is 4. The maximum Gasteiger partial charge on any atom is 0.243 e. The molecule has 1 aliphatic heterocycles. The molecule has 1 aromatic heterocycles. The first kappa shape index (κ1) is 33.8. The van der Waals surface area contributed by atoms with Crippen molar-refractivity contribution in [2.24, 2.45) is 5.92 Å². The summed E-state index contributed by atoms with van der Waals surface area (Å²) in [6.45, 7) is 14.5. The Bertz CT molecular complexity index is 1240. The molecule has 0 saturated carbocycles. The molecule has 1 saturated heterocycles. The second-order valence-corrected chi connectivity index (χ2v) is 13.0. The molecular formula is C32H49N7O4. The van der Waals surface area contributed by atoms with Crippen LogP contribution in [0.4, 0.5) is 0 Å². The van der Waals surface area contributed by atoms with Crippen LogP contribution in [0.3, 0.4) is 0 Å². The number of aromatic amines is 1. The summed E-state index contributed by atoms with van der Waals surface area (Å²) in [6.07, 6.45) is 1.28. The quantitative estimate of drug-likeness (QED) is 0.331. The summed E-state index contributed by atoms with van der Waals surface area (Å²) in [5.74, 6) is -1.45. The topological polar surface area (TPSA) is 148 Å². The van der Waals surface area contributed by atoms with Gasteiger partial charge in [0.15, 0.2) is 0 Å². The molecule has 1 fully saturated rings. The van der Waals surface area contributed by atoms with Crippen molar-refractivity contribution >= 4 is 23.6 Å². The average molecular weight is 596 g/mol. The Kier molecular flexibility index (Phi) is 11.9. The maximum absolute atomic E-state index is 13.7. The summed E-state index contributed by atoms with van der Waals surface area (Å²) < 4.78 is 0. The van der Waals surface area contributed by atoms with Gasteiger partial charge in [-0.3, -0.25) is 29.2 Å². The second-order valence-electron chi connectivity index (χ2n) is 13.0. The first-order valence-corrected chi connectivity index (χ1v) is 15.3. The van der Waals surface area contributed by atoms with Crippen molar-refractivity contribution in [3.8, 4) is 0 Å². The second kappa shape index (κ2) is 15.1.